The molecule has 1 N–H and O–H groups in total. The summed E-state index contributed by atoms with van der Waals surface area (Å²) in [7, 11) is 1.18. The van der Waals surface area contributed by atoms with Gasteiger partial charge in [-0.05, 0) is 55.3 Å². The third kappa shape index (κ3) is 6.78. The van der Waals surface area contributed by atoms with Crippen molar-refractivity contribution >= 4 is 6.21 Å². The fourth-order valence-electron chi connectivity index (χ4n) is 2.98. The number of alkyl halides is 3. The van der Waals surface area contributed by atoms with Crippen molar-refractivity contribution in [1.82, 2.24) is 10.3 Å². The smallest absolute Gasteiger partial charge is 0.421 e. The predicted octanol–water partition coefficient (Wildman–Crippen LogP) is 4.96. The average molecular weight is 395 g/mol. The molecule has 0 spiro atoms. The molecule has 1 aromatic rings. The Morgan fingerprint density at radius 1 is 1.39 bits per heavy atom. The zero-order valence-corrected chi connectivity index (χ0v) is 16.3. The van der Waals surface area contributed by atoms with Crippen LogP contribution in [0.15, 0.2) is 41.6 Å². The number of aromatic nitrogens is 1. The number of hydrogen-bond acceptors (Lipinski definition) is 4. The van der Waals surface area contributed by atoms with Crippen molar-refractivity contribution in [1.29, 1.82) is 0 Å². The fourth-order valence-corrected chi connectivity index (χ4v) is 2.98. The van der Waals surface area contributed by atoms with Gasteiger partial charge in [-0.25, -0.2) is 4.98 Å². The summed E-state index contributed by atoms with van der Waals surface area (Å²) in [4.78, 5) is 8.24. The molecule has 1 heterocycles. The lowest BCUT2D eigenvalue weighted by molar-refractivity contribution is -0.139. The molecule has 1 saturated carbocycles. The van der Waals surface area contributed by atoms with Gasteiger partial charge in [-0.1, -0.05) is 25.2 Å². The molecule has 0 saturated heterocycles. The number of pyridine rings is 1. The topological polar surface area (TPSA) is 46.5 Å². The van der Waals surface area contributed by atoms with Crippen LogP contribution in [0.5, 0.6) is 5.88 Å². The molecule has 1 aliphatic rings. The second-order valence-corrected chi connectivity index (χ2v) is 6.85. The first kappa shape index (κ1) is 22.1. The number of methoxy groups -OCH3 is 1. The maximum Gasteiger partial charge on any atom is 0.421 e. The molecular formula is C21H28F3N3O. The molecule has 28 heavy (non-hydrogen) atoms. The number of halogens is 3. The standard InChI is InChI=1S/C21H28F3N3O/c1-3-7-18(17-8-6-9-17)15-26-11-5-4-10-25-13-16-12-19(21(22,23)24)20(28-2)27-14-16/h3,7,12,14-15,17,25H,1,4-6,8-11,13H2,2H3/b18-7+,26-15-. The highest BCUT2D eigenvalue weighted by Gasteiger charge is 2.35. The van der Waals surface area contributed by atoms with Crippen LogP contribution in [0.4, 0.5) is 13.2 Å². The van der Waals surface area contributed by atoms with Gasteiger partial charge in [0.2, 0.25) is 5.88 Å². The fraction of sp³-hybridized carbons (Fsp3) is 0.524. The van der Waals surface area contributed by atoms with Crippen molar-refractivity contribution in [2.75, 3.05) is 20.2 Å². The molecule has 4 nitrogen and oxygen atoms in total. The van der Waals surface area contributed by atoms with Crippen LogP contribution in [0.1, 0.15) is 43.2 Å². The summed E-state index contributed by atoms with van der Waals surface area (Å²) < 4.78 is 43.7. The van der Waals surface area contributed by atoms with Crippen LogP contribution in [0.3, 0.4) is 0 Å². The van der Waals surface area contributed by atoms with Gasteiger partial charge in [-0.3, -0.25) is 4.99 Å². The third-order valence-electron chi connectivity index (χ3n) is 4.75. The maximum atomic E-state index is 13.0. The van der Waals surface area contributed by atoms with Crippen molar-refractivity contribution in [2.45, 2.75) is 44.8 Å². The minimum atomic E-state index is -4.48. The molecule has 1 aromatic heterocycles. The van der Waals surface area contributed by atoms with E-state index in [9.17, 15) is 13.2 Å². The molecule has 0 aliphatic heterocycles. The highest BCUT2D eigenvalue weighted by molar-refractivity contribution is 5.79. The predicted molar refractivity (Wildman–Crippen MR) is 106 cm³/mol. The van der Waals surface area contributed by atoms with Gasteiger partial charge in [0, 0.05) is 25.5 Å². The number of aliphatic imine (C=N–C) groups is 1. The van der Waals surface area contributed by atoms with Gasteiger partial charge in [-0.2, -0.15) is 13.2 Å². The Morgan fingerprint density at radius 2 is 2.18 bits per heavy atom. The Morgan fingerprint density at radius 3 is 2.79 bits per heavy atom. The monoisotopic (exact) mass is 395 g/mol. The van der Waals surface area contributed by atoms with E-state index >= 15 is 0 Å². The molecule has 0 aromatic carbocycles. The lowest BCUT2D eigenvalue weighted by Crippen LogP contribution is -2.17. The molecule has 0 unspecified atom stereocenters. The van der Waals surface area contributed by atoms with Gasteiger partial charge in [0.15, 0.2) is 0 Å². The van der Waals surface area contributed by atoms with Crippen LogP contribution in [-0.4, -0.2) is 31.4 Å². The summed E-state index contributed by atoms with van der Waals surface area (Å²) in [6.07, 6.45) is 8.28. The van der Waals surface area contributed by atoms with Gasteiger partial charge in [-0.15, -0.1) is 0 Å². The Kier molecular flexibility index (Phi) is 8.70. The van der Waals surface area contributed by atoms with Crippen LogP contribution in [-0.2, 0) is 12.7 Å². The second kappa shape index (κ2) is 11.0. The first-order chi connectivity index (χ1) is 13.5. The van der Waals surface area contributed by atoms with Crippen LogP contribution in [0.25, 0.3) is 0 Å². The molecule has 1 fully saturated rings. The molecule has 154 valence electrons. The molecular weight excluding hydrogens is 367 g/mol. The number of allylic oxidation sites excluding steroid dienone is 3. The Hall–Kier alpha value is -2.15. The van der Waals surface area contributed by atoms with Crippen LogP contribution >= 0.6 is 0 Å². The normalized spacial score (nSPS) is 15.6. The van der Waals surface area contributed by atoms with E-state index in [0.29, 0.717) is 24.6 Å². The average Bonchev–Trinajstić information content (AvgIpc) is 2.61. The summed E-state index contributed by atoms with van der Waals surface area (Å²) in [6.45, 7) is 5.53. The highest BCUT2D eigenvalue weighted by Crippen LogP contribution is 2.35. The number of ether oxygens (including phenoxy) is 1. The van der Waals surface area contributed by atoms with Crippen molar-refractivity contribution in [3.63, 3.8) is 0 Å². The SMILES string of the molecule is C=C/C=C(\C=N/CCCCNCc1cnc(OC)c(C(F)(F)F)c1)C1CCC1. The first-order valence-corrected chi connectivity index (χ1v) is 9.59. The summed E-state index contributed by atoms with van der Waals surface area (Å²) >= 11 is 0. The molecule has 2 rings (SSSR count). The van der Waals surface area contributed by atoms with Crippen molar-refractivity contribution in [3.05, 3.63) is 47.7 Å². The number of nitrogens with zero attached hydrogens (tertiary/aromatic N) is 2. The molecule has 0 atom stereocenters. The molecule has 1 aliphatic carbocycles. The Bertz CT molecular complexity index is 695. The largest absolute Gasteiger partial charge is 0.481 e. The maximum absolute atomic E-state index is 13.0. The van der Waals surface area contributed by atoms with E-state index in [2.05, 4.69) is 21.9 Å². The van der Waals surface area contributed by atoms with E-state index in [4.69, 9.17) is 4.74 Å². The molecule has 0 amide bonds. The number of unbranched alkanes of at least 4 members (excludes halogenated alkanes) is 1. The molecule has 0 bridgehead atoms. The summed E-state index contributed by atoms with van der Waals surface area (Å²) in [6, 6.07) is 1.08. The van der Waals surface area contributed by atoms with E-state index in [1.165, 1.54) is 38.1 Å². The van der Waals surface area contributed by atoms with E-state index in [1.807, 2.05) is 18.4 Å². The van der Waals surface area contributed by atoms with E-state index < -0.39 is 17.6 Å². The number of nitrogens with one attached hydrogen (secondary N) is 1. The zero-order valence-electron chi connectivity index (χ0n) is 16.3. The van der Waals surface area contributed by atoms with Crippen LogP contribution in [0, 0.1) is 5.92 Å². The Labute approximate surface area is 164 Å². The van der Waals surface area contributed by atoms with E-state index in [1.54, 1.807) is 0 Å². The van der Waals surface area contributed by atoms with Crippen molar-refractivity contribution < 1.29 is 17.9 Å². The summed E-state index contributed by atoms with van der Waals surface area (Å²) in [5.74, 6) is 0.226. The van der Waals surface area contributed by atoms with Crippen molar-refractivity contribution in [2.24, 2.45) is 10.9 Å². The summed E-state index contributed by atoms with van der Waals surface area (Å²) in [5, 5.41) is 3.15. The van der Waals surface area contributed by atoms with Gasteiger partial charge in [0.1, 0.15) is 5.56 Å². The minimum Gasteiger partial charge on any atom is -0.481 e. The van der Waals surface area contributed by atoms with E-state index in [-0.39, 0.29) is 0 Å². The third-order valence-corrected chi connectivity index (χ3v) is 4.75. The lowest BCUT2D eigenvalue weighted by atomic mass is 9.80. The number of hydrogen-bond donors (Lipinski definition) is 1. The lowest BCUT2D eigenvalue weighted by Gasteiger charge is -2.26. The quantitative estimate of drug-likeness (QED) is 0.327. The molecule has 0 radical (unpaired) electrons. The molecule has 7 heteroatoms. The highest BCUT2D eigenvalue weighted by atomic mass is 19.4. The summed E-state index contributed by atoms with van der Waals surface area (Å²) in [5.41, 5.74) is 0.885. The Balaban J connectivity index is 1.68. The van der Waals surface area contributed by atoms with Crippen LogP contribution in [0.2, 0.25) is 0 Å². The van der Waals surface area contributed by atoms with Crippen molar-refractivity contribution in [3.8, 4) is 5.88 Å². The first-order valence-electron chi connectivity index (χ1n) is 9.59. The number of rotatable bonds is 11. The van der Waals surface area contributed by atoms with Crippen LogP contribution < -0.4 is 10.1 Å². The van der Waals surface area contributed by atoms with Gasteiger partial charge >= 0.3 is 6.18 Å². The van der Waals surface area contributed by atoms with Gasteiger partial charge < -0.3 is 10.1 Å². The zero-order chi connectivity index (χ0) is 20.4. The van der Waals surface area contributed by atoms with Gasteiger partial charge in [0.25, 0.3) is 0 Å². The minimum absolute atomic E-state index is 0.331. The van der Waals surface area contributed by atoms with E-state index in [0.717, 1.165) is 25.5 Å². The van der Waals surface area contributed by atoms with Gasteiger partial charge in [0.05, 0.1) is 7.11 Å². The second-order valence-electron chi connectivity index (χ2n) is 6.85.